The van der Waals surface area contributed by atoms with Gasteiger partial charge in [-0.1, -0.05) is 40.8 Å². The molecule has 24 heavy (non-hydrogen) atoms. The number of sulfonamides is 1. The van der Waals surface area contributed by atoms with Gasteiger partial charge in [0.1, 0.15) is 0 Å². The molecule has 0 bridgehead atoms. The van der Waals surface area contributed by atoms with Crippen LogP contribution in [0.5, 0.6) is 0 Å². The van der Waals surface area contributed by atoms with E-state index in [1.54, 1.807) is 6.08 Å². The van der Waals surface area contributed by atoms with Crippen molar-refractivity contribution in [1.82, 2.24) is 10.2 Å². The molecule has 0 aliphatic rings. The number of aromatic nitrogens is 2. The molecule has 128 valence electrons. The van der Waals surface area contributed by atoms with Gasteiger partial charge >= 0.3 is 0 Å². The summed E-state index contributed by atoms with van der Waals surface area (Å²) in [5, 5.41) is 10.9. The molecule has 1 amide bonds. The zero-order chi connectivity index (χ0) is 17.7. The number of nitrogens with one attached hydrogen (secondary N) is 2. The first-order chi connectivity index (χ1) is 11.3. The molecule has 0 atom stereocenters. The lowest BCUT2D eigenvalue weighted by molar-refractivity contribution is 0.102. The summed E-state index contributed by atoms with van der Waals surface area (Å²) < 4.78 is 25.4. The smallest absolute Gasteiger partial charge is 0.259 e. The van der Waals surface area contributed by atoms with Crippen molar-refractivity contribution in [3.05, 3.63) is 41.4 Å². The molecule has 2 N–H and O–H groups in total. The van der Waals surface area contributed by atoms with Crippen LogP contribution in [0, 0.1) is 0 Å². The van der Waals surface area contributed by atoms with Gasteiger partial charge in [-0.05, 0) is 18.2 Å². The van der Waals surface area contributed by atoms with Crippen molar-refractivity contribution >= 4 is 61.4 Å². The van der Waals surface area contributed by atoms with E-state index in [1.165, 1.54) is 41.3 Å². The van der Waals surface area contributed by atoms with Crippen LogP contribution < -0.4 is 10.0 Å². The second-order valence-electron chi connectivity index (χ2n) is 4.50. The topological polar surface area (TPSA) is 101 Å². The third kappa shape index (κ3) is 5.48. The summed E-state index contributed by atoms with van der Waals surface area (Å²) in [4.78, 5) is 12.2. The van der Waals surface area contributed by atoms with E-state index in [4.69, 9.17) is 11.6 Å². The second kappa shape index (κ2) is 7.97. The number of nitrogens with zero attached hydrogens (tertiary/aromatic N) is 2. The summed E-state index contributed by atoms with van der Waals surface area (Å²) >= 11 is 8.75. The minimum Gasteiger partial charge on any atom is -0.296 e. The van der Waals surface area contributed by atoms with E-state index in [0.717, 1.165) is 6.26 Å². The lowest BCUT2D eigenvalue weighted by atomic mass is 10.2. The van der Waals surface area contributed by atoms with Crippen molar-refractivity contribution in [2.45, 2.75) is 4.34 Å². The molecular formula is C13H13ClN4O3S3. The number of thioether (sulfide) groups is 1. The summed E-state index contributed by atoms with van der Waals surface area (Å²) in [6, 6.07) is 4.25. The van der Waals surface area contributed by atoms with Gasteiger partial charge < -0.3 is 0 Å². The van der Waals surface area contributed by atoms with Crippen LogP contribution in [0.2, 0.25) is 5.02 Å². The van der Waals surface area contributed by atoms with Crippen LogP contribution in [-0.4, -0.2) is 36.5 Å². The molecule has 1 aromatic carbocycles. The lowest BCUT2D eigenvalue weighted by Gasteiger charge is -2.07. The molecule has 2 rings (SSSR count). The van der Waals surface area contributed by atoms with Gasteiger partial charge in [0.2, 0.25) is 15.2 Å². The number of carbonyl (C=O) groups excluding carboxylic acids is 1. The largest absolute Gasteiger partial charge is 0.296 e. The van der Waals surface area contributed by atoms with E-state index >= 15 is 0 Å². The Kier molecular flexibility index (Phi) is 6.21. The first kappa shape index (κ1) is 18.7. The highest BCUT2D eigenvalue weighted by Crippen LogP contribution is 2.27. The lowest BCUT2D eigenvalue weighted by Crippen LogP contribution is -2.13. The van der Waals surface area contributed by atoms with Crippen molar-refractivity contribution in [2.75, 3.05) is 22.0 Å². The first-order valence-corrected chi connectivity index (χ1v) is 10.5. The van der Waals surface area contributed by atoms with Crippen LogP contribution in [0.4, 0.5) is 10.8 Å². The zero-order valence-electron chi connectivity index (χ0n) is 12.4. The van der Waals surface area contributed by atoms with E-state index in [2.05, 4.69) is 26.8 Å². The third-order valence-electron chi connectivity index (χ3n) is 2.47. The van der Waals surface area contributed by atoms with Gasteiger partial charge in [-0.2, -0.15) is 0 Å². The first-order valence-electron chi connectivity index (χ1n) is 6.44. The van der Waals surface area contributed by atoms with Gasteiger partial charge in [-0.25, -0.2) is 8.42 Å². The van der Waals surface area contributed by atoms with Crippen molar-refractivity contribution in [3.63, 3.8) is 0 Å². The standard InChI is InChI=1S/C13H13ClN4O3S3/c1-3-6-22-13-17-16-12(23-13)15-11(19)9-5-4-8(7-10(9)14)18-24(2,20)21/h3-5,7,18H,1,6H2,2H3,(H,15,16,19). The van der Waals surface area contributed by atoms with Gasteiger partial charge in [-0.3, -0.25) is 14.8 Å². The summed E-state index contributed by atoms with van der Waals surface area (Å²) in [7, 11) is -3.42. The molecule has 11 heteroatoms. The fourth-order valence-corrected chi connectivity index (χ4v) is 3.92. The number of halogens is 1. The van der Waals surface area contributed by atoms with Crippen molar-refractivity contribution in [2.24, 2.45) is 0 Å². The average molecular weight is 405 g/mol. The molecule has 0 unspecified atom stereocenters. The Labute approximate surface area is 152 Å². The highest BCUT2D eigenvalue weighted by molar-refractivity contribution is 8.01. The molecule has 0 fully saturated rings. The fourth-order valence-electron chi connectivity index (χ4n) is 1.59. The maximum Gasteiger partial charge on any atom is 0.259 e. The highest BCUT2D eigenvalue weighted by Gasteiger charge is 2.14. The number of amides is 1. The number of hydrogen-bond donors (Lipinski definition) is 2. The van der Waals surface area contributed by atoms with Gasteiger partial charge in [0.15, 0.2) is 4.34 Å². The van der Waals surface area contributed by atoms with E-state index < -0.39 is 15.9 Å². The van der Waals surface area contributed by atoms with Crippen LogP contribution in [0.3, 0.4) is 0 Å². The Balaban J connectivity index is 2.09. The van der Waals surface area contributed by atoms with Crippen LogP contribution in [-0.2, 0) is 10.0 Å². The van der Waals surface area contributed by atoms with Crippen LogP contribution in [0.1, 0.15) is 10.4 Å². The monoisotopic (exact) mass is 404 g/mol. The third-order valence-corrected chi connectivity index (χ3v) is 5.36. The molecule has 0 aliphatic carbocycles. The maximum atomic E-state index is 12.2. The van der Waals surface area contributed by atoms with Crippen LogP contribution in [0.15, 0.2) is 35.2 Å². The molecule has 0 radical (unpaired) electrons. The van der Waals surface area contributed by atoms with Gasteiger partial charge in [-0.15, -0.1) is 16.8 Å². The van der Waals surface area contributed by atoms with E-state index in [9.17, 15) is 13.2 Å². The minimum atomic E-state index is -3.42. The maximum absolute atomic E-state index is 12.2. The minimum absolute atomic E-state index is 0.118. The van der Waals surface area contributed by atoms with E-state index in [-0.39, 0.29) is 16.3 Å². The molecule has 0 saturated heterocycles. The van der Waals surface area contributed by atoms with Crippen molar-refractivity contribution in [3.8, 4) is 0 Å². The Morgan fingerprint density at radius 1 is 1.46 bits per heavy atom. The predicted octanol–water partition coefficient (Wildman–Crippen LogP) is 3.09. The Bertz CT molecular complexity index is 867. The second-order valence-corrected chi connectivity index (χ2v) is 8.90. The summed E-state index contributed by atoms with van der Waals surface area (Å²) in [5.74, 6) is 0.241. The SMILES string of the molecule is C=CCSc1nnc(NC(=O)c2ccc(NS(C)(=O)=O)cc2Cl)s1. The van der Waals surface area contributed by atoms with Gasteiger partial charge in [0.25, 0.3) is 5.91 Å². The fraction of sp³-hybridized carbons (Fsp3) is 0.154. The Morgan fingerprint density at radius 3 is 2.83 bits per heavy atom. The average Bonchev–Trinajstić information content (AvgIpc) is 2.90. The van der Waals surface area contributed by atoms with Crippen LogP contribution >= 0.6 is 34.7 Å². The molecule has 1 aromatic heterocycles. The van der Waals surface area contributed by atoms with Crippen molar-refractivity contribution in [1.29, 1.82) is 0 Å². The van der Waals surface area contributed by atoms with Gasteiger partial charge in [0.05, 0.1) is 16.8 Å². The molecule has 1 heterocycles. The number of hydrogen-bond acceptors (Lipinski definition) is 7. The summed E-state index contributed by atoms with van der Waals surface area (Å²) in [6.07, 6.45) is 2.77. The Morgan fingerprint density at radius 2 is 2.21 bits per heavy atom. The molecule has 0 spiro atoms. The number of carbonyl (C=O) groups is 1. The van der Waals surface area contributed by atoms with Crippen LogP contribution in [0.25, 0.3) is 0 Å². The van der Waals surface area contributed by atoms with Crippen molar-refractivity contribution < 1.29 is 13.2 Å². The number of rotatable bonds is 7. The van der Waals surface area contributed by atoms with Gasteiger partial charge in [0, 0.05) is 11.4 Å². The quantitative estimate of drug-likeness (QED) is 0.417. The molecule has 0 aliphatic heterocycles. The summed E-state index contributed by atoms with van der Waals surface area (Å²) in [5.41, 5.74) is 0.476. The molecule has 0 saturated carbocycles. The molecule has 7 nitrogen and oxygen atoms in total. The molecular weight excluding hydrogens is 392 g/mol. The number of anilines is 2. The van der Waals surface area contributed by atoms with E-state index in [0.29, 0.717) is 15.2 Å². The highest BCUT2D eigenvalue weighted by atomic mass is 35.5. The normalized spacial score (nSPS) is 11.1. The number of benzene rings is 1. The molecule has 2 aromatic rings. The zero-order valence-corrected chi connectivity index (χ0v) is 15.7. The van der Waals surface area contributed by atoms with E-state index in [1.807, 2.05) is 0 Å². The Hall–Kier alpha value is -1.62. The predicted molar refractivity (Wildman–Crippen MR) is 98.7 cm³/mol. The summed E-state index contributed by atoms with van der Waals surface area (Å²) in [6.45, 7) is 3.62.